The first kappa shape index (κ1) is 10.0. The van der Waals surface area contributed by atoms with Crippen molar-refractivity contribution in [1.82, 2.24) is 0 Å². The van der Waals surface area contributed by atoms with Gasteiger partial charge in [-0.3, -0.25) is 0 Å². The summed E-state index contributed by atoms with van der Waals surface area (Å²) in [5.74, 6) is 0. The smallest absolute Gasteiger partial charge is 0.0720 e. The SMILES string of the molecule is [2H]C1([2H])CC12CC(O)C2.[2H]C1([2H])CC12CC(OCc1ccccc1)C2. The highest BCUT2D eigenvalue weighted by atomic mass is 16.5. The fourth-order valence-electron chi connectivity index (χ4n) is 3.39. The molecule has 114 valence electrons. The zero-order chi connectivity index (χ0) is 17.9. The lowest BCUT2D eigenvalue weighted by molar-refractivity contribution is -0.0495. The molecule has 4 aliphatic carbocycles. The summed E-state index contributed by atoms with van der Waals surface area (Å²) < 4.78 is 35.7. The Morgan fingerprint density at radius 2 is 1.62 bits per heavy atom. The Bertz CT molecular complexity index is 634. The molecule has 21 heavy (non-hydrogen) atoms. The predicted octanol–water partition coefficient (Wildman–Crippen LogP) is 4.07. The molecule has 1 N–H and O–H groups in total. The molecular formula is C19H26O2. The minimum absolute atomic E-state index is 0.00560. The van der Waals surface area contributed by atoms with E-state index in [1.54, 1.807) is 0 Å². The molecule has 0 unspecified atom stereocenters. The number of ether oxygens (including phenoxy) is 1. The second-order valence-electron chi connectivity index (χ2n) is 7.16. The lowest BCUT2D eigenvalue weighted by Gasteiger charge is -2.35. The van der Waals surface area contributed by atoms with Crippen molar-refractivity contribution in [2.45, 2.75) is 70.1 Å². The monoisotopic (exact) mass is 290 g/mol. The van der Waals surface area contributed by atoms with Gasteiger partial charge in [0.05, 0.1) is 18.8 Å². The average molecular weight is 290 g/mol. The molecule has 2 heteroatoms. The van der Waals surface area contributed by atoms with Crippen LogP contribution < -0.4 is 0 Å². The summed E-state index contributed by atoms with van der Waals surface area (Å²) in [5.41, 5.74) is 1.11. The van der Waals surface area contributed by atoms with Gasteiger partial charge in [-0.1, -0.05) is 30.3 Å². The molecule has 0 aromatic heterocycles. The minimum atomic E-state index is -0.938. The van der Waals surface area contributed by atoms with Gasteiger partial charge in [0.2, 0.25) is 0 Å². The van der Waals surface area contributed by atoms with Crippen molar-refractivity contribution in [3.8, 4) is 0 Å². The number of aliphatic hydroxyl groups excluding tert-OH is 1. The van der Waals surface area contributed by atoms with E-state index < -0.39 is 12.7 Å². The molecule has 4 fully saturated rings. The molecule has 4 saturated carbocycles. The molecule has 0 atom stereocenters. The number of hydrogen-bond acceptors (Lipinski definition) is 2. The summed E-state index contributed by atoms with van der Waals surface area (Å²) in [6.45, 7) is 0.657. The Morgan fingerprint density at radius 1 is 1.05 bits per heavy atom. The molecule has 0 heterocycles. The fourth-order valence-corrected chi connectivity index (χ4v) is 3.39. The fraction of sp³-hybridized carbons (Fsp3) is 0.684. The van der Waals surface area contributed by atoms with Crippen LogP contribution in [-0.2, 0) is 11.3 Å². The van der Waals surface area contributed by atoms with E-state index in [4.69, 9.17) is 15.3 Å². The molecule has 2 spiro atoms. The van der Waals surface area contributed by atoms with Crippen LogP contribution in [0, 0.1) is 10.8 Å². The molecule has 4 aliphatic rings. The first-order valence-corrected chi connectivity index (χ1v) is 8.01. The van der Waals surface area contributed by atoms with Gasteiger partial charge in [0.25, 0.3) is 0 Å². The van der Waals surface area contributed by atoms with Crippen molar-refractivity contribution in [3.05, 3.63) is 35.9 Å². The Kier molecular flexibility index (Phi) is 2.43. The predicted molar refractivity (Wildman–Crippen MR) is 82.8 cm³/mol. The van der Waals surface area contributed by atoms with E-state index >= 15 is 0 Å². The number of rotatable bonds is 3. The van der Waals surface area contributed by atoms with Gasteiger partial charge in [0.1, 0.15) is 0 Å². The minimum Gasteiger partial charge on any atom is -0.393 e. The van der Waals surface area contributed by atoms with Gasteiger partial charge in [0, 0.05) is 5.48 Å². The molecular weight excluding hydrogens is 260 g/mol. The second-order valence-corrected chi connectivity index (χ2v) is 7.16. The molecule has 1 aromatic carbocycles. The van der Waals surface area contributed by atoms with Crippen molar-refractivity contribution in [2.24, 2.45) is 10.8 Å². The van der Waals surface area contributed by atoms with E-state index in [2.05, 4.69) is 12.1 Å². The quantitative estimate of drug-likeness (QED) is 0.909. The number of aliphatic hydroxyl groups is 1. The number of hydrogen-bond donors (Lipinski definition) is 1. The van der Waals surface area contributed by atoms with Crippen molar-refractivity contribution < 1.29 is 15.3 Å². The van der Waals surface area contributed by atoms with E-state index in [1.165, 1.54) is 5.56 Å². The van der Waals surface area contributed by atoms with Crippen LogP contribution in [0.5, 0.6) is 0 Å². The van der Waals surface area contributed by atoms with Crippen LogP contribution in [-0.4, -0.2) is 17.3 Å². The lowest BCUT2D eigenvalue weighted by atomic mass is 9.79. The highest BCUT2D eigenvalue weighted by Crippen LogP contribution is 2.61. The maximum absolute atomic E-state index is 8.89. The topological polar surface area (TPSA) is 29.5 Å². The highest BCUT2D eigenvalue weighted by molar-refractivity contribution is 5.14. The zero-order valence-electron chi connectivity index (χ0n) is 16.3. The average Bonchev–Trinajstić information content (AvgIpc) is 3.26. The van der Waals surface area contributed by atoms with Crippen LogP contribution in [0.3, 0.4) is 0 Å². The third kappa shape index (κ3) is 3.17. The molecule has 5 rings (SSSR count). The Balaban J connectivity index is 0.000000147. The Hall–Kier alpha value is -0.860. The molecule has 1 aromatic rings. The van der Waals surface area contributed by atoms with Crippen molar-refractivity contribution in [2.75, 3.05) is 0 Å². The van der Waals surface area contributed by atoms with Gasteiger partial charge in [0.15, 0.2) is 0 Å². The number of benzene rings is 1. The Labute approximate surface area is 133 Å². The van der Waals surface area contributed by atoms with Gasteiger partial charge in [-0.2, -0.15) is 0 Å². The van der Waals surface area contributed by atoms with Crippen LogP contribution in [0.1, 0.15) is 62.3 Å². The van der Waals surface area contributed by atoms with E-state index in [0.717, 1.165) is 19.3 Å². The first-order valence-electron chi connectivity index (χ1n) is 10.0. The third-order valence-electron chi connectivity index (χ3n) is 5.17. The Morgan fingerprint density at radius 3 is 2.10 bits per heavy atom. The normalized spacial score (nSPS) is 49.4. The third-order valence-corrected chi connectivity index (χ3v) is 5.17. The first-order chi connectivity index (χ1) is 11.7. The van der Waals surface area contributed by atoms with E-state index in [9.17, 15) is 0 Å². The molecule has 0 radical (unpaired) electrons. The molecule has 0 aliphatic heterocycles. The summed E-state index contributed by atoms with van der Waals surface area (Å²) in [4.78, 5) is 0. The molecule has 0 amide bonds. The summed E-state index contributed by atoms with van der Waals surface area (Å²) in [6.07, 6.45) is 2.86. The molecule has 0 saturated heterocycles. The van der Waals surface area contributed by atoms with Crippen LogP contribution in [0.4, 0.5) is 0 Å². The van der Waals surface area contributed by atoms with Crippen LogP contribution in [0.15, 0.2) is 30.3 Å². The van der Waals surface area contributed by atoms with E-state index in [1.807, 2.05) is 18.2 Å². The van der Waals surface area contributed by atoms with Crippen LogP contribution in [0.25, 0.3) is 0 Å². The molecule has 2 nitrogen and oxygen atoms in total. The van der Waals surface area contributed by atoms with Gasteiger partial charge in [-0.15, -0.1) is 0 Å². The van der Waals surface area contributed by atoms with E-state index in [-0.39, 0.29) is 23.0 Å². The largest absolute Gasteiger partial charge is 0.393 e. The lowest BCUT2D eigenvalue weighted by Crippen LogP contribution is -2.32. The van der Waals surface area contributed by atoms with Gasteiger partial charge < -0.3 is 9.84 Å². The highest BCUT2D eigenvalue weighted by Gasteiger charge is 2.53. The van der Waals surface area contributed by atoms with Crippen LogP contribution >= 0.6 is 0 Å². The van der Waals surface area contributed by atoms with Gasteiger partial charge in [-0.25, -0.2) is 0 Å². The van der Waals surface area contributed by atoms with Gasteiger partial charge >= 0.3 is 0 Å². The summed E-state index contributed by atoms with van der Waals surface area (Å²) in [7, 11) is 0. The van der Waals surface area contributed by atoms with E-state index in [0.29, 0.717) is 25.9 Å². The van der Waals surface area contributed by atoms with Crippen molar-refractivity contribution in [1.29, 1.82) is 0 Å². The summed E-state index contributed by atoms with van der Waals surface area (Å²) in [5, 5.41) is 8.89. The zero-order valence-corrected chi connectivity index (χ0v) is 12.3. The standard InChI is InChI=1S/C13H16O.C6H10O/c1-2-4-11(5-3-1)10-14-12-8-13(9-12)6-7-13;7-5-3-6(4-5)1-2-6/h1-5,12H,6-10H2;5,7H,1-4H2/i6D2;1D2. The van der Waals surface area contributed by atoms with Crippen molar-refractivity contribution >= 4 is 0 Å². The summed E-state index contributed by atoms with van der Waals surface area (Å²) >= 11 is 0. The maximum Gasteiger partial charge on any atom is 0.0720 e. The summed E-state index contributed by atoms with van der Waals surface area (Å²) in [6, 6.07) is 10.1. The van der Waals surface area contributed by atoms with Crippen molar-refractivity contribution in [3.63, 3.8) is 0 Å². The molecule has 0 bridgehead atoms. The maximum atomic E-state index is 8.89. The van der Waals surface area contributed by atoms with Crippen LogP contribution in [0.2, 0.25) is 0 Å². The second kappa shape index (κ2) is 5.10. The van der Waals surface area contributed by atoms with Gasteiger partial charge in [-0.05, 0) is 67.7 Å².